The maximum Gasteiger partial charge on any atom is 0.191 e. The molecule has 2 unspecified atom stereocenters. The van der Waals surface area contributed by atoms with Gasteiger partial charge >= 0.3 is 0 Å². The molecule has 8 heteroatoms. The molecular formula is C24H37N5O3. The maximum atomic E-state index is 5.61. The van der Waals surface area contributed by atoms with E-state index in [9.17, 15) is 0 Å². The Morgan fingerprint density at radius 1 is 1.25 bits per heavy atom. The van der Waals surface area contributed by atoms with Gasteiger partial charge in [0.1, 0.15) is 17.3 Å². The highest BCUT2D eigenvalue weighted by molar-refractivity contribution is 5.80. The third-order valence-corrected chi connectivity index (χ3v) is 5.69. The molecule has 8 nitrogen and oxygen atoms in total. The number of hydrogen-bond acceptors (Lipinski definition) is 6. The standard InChI is InChI=1S/C24H37N5O3/c1-6-25-24(26-15-22(28(2)3)23-8-7-11-32-23)27-19-9-10-29(17-19)16-18-12-20(30-4)14-21(13-18)31-5/h7-8,11-14,19,22H,6,9-10,15-17H2,1-5H3,(H2,25,26,27). The fraction of sp³-hybridized carbons (Fsp3) is 0.542. The first-order chi connectivity index (χ1) is 15.5. The summed E-state index contributed by atoms with van der Waals surface area (Å²) in [6.45, 7) is 6.38. The highest BCUT2D eigenvalue weighted by Crippen LogP contribution is 2.24. The predicted molar refractivity (Wildman–Crippen MR) is 127 cm³/mol. The van der Waals surface area contributed by atoms with Crippen LogP contribution in [0.2, 0.25) is 0 Å². The number of guanidine groups is 1. The first-order valence-electron chi connectivity index (χ1n) is 11.2. The van der Waals surface area contributed by atoms with Crippen LogP contribution in [0.15, 0.2) is 46.0 Å². The van der Waals surface area contributed by atoms with Gasteiger partial charge in [0.25, 0.3) is 0 Å². The van der Waals surface area contributed by atoms with Crippen LogP contribution in [0, 0.1) is 0 Å². The third-order valence-electron chi connectivity index (χ3n) is 5.69. The van der Waals surface area contributed by atoms with Crippen molar-refractivity contribution in [2.24, 2.45) is 4.99 Å². The van der Waals surface area contributed by atoms with Crippen molar-refractivity contribution in [3.63, 3.8) is 0 Å². The quantitative estimate of drug-likeness (QED) is 0.432. The molecule has 32 heavy (non-hydrogen) atoms. The number of nitrogens with one attached hydrogen (secondary N) is 2. The van der Waals surface area contributed by atoms with Crippen LogP contribution in [-0.2, 0) is 6.54 Å². The Labute approximate surface area is 191 Å². The van der Waals surface area contributed by atoms with Crippen LogP contribution in [0.5, 0.6) is 11.5 Å². The summed E-state index contributed by atoms with van der Waals surface area (Å²) < 4.78 is 16.4. The maximum absolute atomic E-state index is 5.61. The number of likely N-dealkylation sites (tertiary alicyclic amines) is 1. The molecule has 1 aliphatic rings. The minimum absolute atomic E-state index is 0.101. The Hall–Kier alpha value is -2.71. The Balaban J connectivity index is 1.59. The Morgan fingerprint density at radius 2 is 2.00 bits per heavy atom. The molecule has 0 amide bonds. The van der Waals surface area contributed by atoms with Crippen LogP contribution < -0.4 is 20.1 Å². The van der Waals surface area contributed by atoms with Crippen molar-refractivity contribution in [2.45, 2.75) is 32.0 Å². The molecule has 1 aromatic carbocycles. The lowest BCUT2D eigenvalue weighted by Crippen LogP contribution is -2.45. The lowest BCUT2D eigenvalue weighted by molar-refractivity contribution is 0.264. The van der Waals surface area contributed by atoms with Gasteiger partial charge in [0.05, 0.1) is 33.1 Å². The minimum Gasteiger partial charge on any atom is -0.497 e. The first-order valence-corrected chi connectivity index (χ1v) is 11.2. The molecule has 0 saturated carbocycles. The van der Waals surface area contributed by atoms with Crippen molar-refractivity contribution in [3.8, 4) is 11.5 Å². The Kier molecular flexibility index (Phi) is 8.81. The second kappa shape index (κ2) is 11.8. The van der Waals surface area contributed by atoms with Crippen LogP contribution in [0.1, 0.15) is 30.7 Å². The van der Waals surface area contributed by atoms with Crippen LogP contribution in [0.3, 0.4) is 0 Å². The molecule has 2 aromatic rings. The molecule has 2 atom stereocenters. The largest absolute Gasteiger partial charge is 0.497 e. The third kappa shape index (κ3) is 6.64. The molecule has 1 fully saturated rings. The summed E-state index contributed by atoms with van der Waals surface area (Å²) in [4.78, 5) is 9.43. The van der Waals surface area contributed by atoms with Crippen LogP contribution >= 0.6 is 0 Å². The summed E-state index contributed by atoms with van der Waals surface area (Å²) in [6, 6.07) is 10.4. The van der Waals surface area contributed by atoms with Crippen molar-refractivity contribution in [1.82, 2.24) is 20.4 Å². The molecule has 0 aliphatic carbocycles. The monoisotopic (exact) mass is 443 g/mol. The van der Waals surface area contributed by atoms with Crippen LogP contribution in [-0.4, -0.2) is 76.3 Å². The SMILES string of the molecule is CCNC(=NCC(c1ccco1)N(C)C)NC1CCN(Cc2cc(OC)cc(OC)c2)C1. The summed E-state index contributed by atoms with van der Waals surface area (Å²) in [5, 5.41) is 7.00. The summed E-state index contributed by atoms with van der Waals surface area (Å²) in [6.07, 6.45) is 2.78. The molecule has 2 heterocycles. The molecule has 2 N–H and O–H groups in total. The highest BCUT2D eigenvalue weighted by atomic mass is 16.5. The molecule has 0 bridgehead atoms. The van der Waals surface area contributed by atoms with Crippen molar-refractivity contribution in [3.05, 3.63) is 47.9 Å². The molecule has 0 radical (unpaired) electrons. The molecule has 1 aliphatic heterocycles. The summed E-state index contributed by atoms with van der Waals surface area (Å²) in [7, 11) is 7.46. The van der Waals surface area contributed by atoms with E-state index in [2.05, 4.69) is 39.5 Å². The molecule has 176 valence electrons. The zero-order valence-corrected chi connectivity index (χ0v) is 19.9. The van der Waals surface area contributed by atoms with Gasteiger partial charge in [0.15, 0.2) is 5.96 Å². The molecule has 1 saturated heterocycles. The topological polar surface area (TPSA) is 74.5 Å². The number of hydrogen-bond donors (Lipinski definition) is 2. The van der Waals surface area contributed by atoms with E-state index in [1.54, 1.807) is 20.5 Å². The number of rotatable bonds is 10. The fourth-order valence-corrected chi connectivity index (χ4v) is 3.99. The van der Waals surface area contributed by atoms with Gasteiger partial charge in [-0.15, -0.1) is 0 Å². The van der Waals surface area contributed by atoms with Crippen molar-refractivity contribution in [1.29, 1.82) is 0 Å². The van der Waals surface area contributed by atoms with E-state index >= 15 is 0 Å². The van der Waals surface area contributed by atoms with E-state index in [0.717, 1.165) is 55.8 Å². The normalized spacial score (nSPS) is 18.1. The van der Waals surface area contributed by atoms with E-state index in [0.29, 0.717) is 12.6 Å². The van der Waals surface area contributed by atoms with Crippen molar-refractivity contribution in [2.75, 3.05) is 54.5 Å². The second-order valence-electron chi connectivity index (χ2n) is 8.30. The molecule has 3 rings (SSSR count). The van der Waals surface area contributed by atoms with E-state index < -0.39 is 0 Å². The number of benzene rings is 1. The zero-order valence-electron chi connectivity index (χ0n) is 19.9. The highest BCUT2D eigenvalue weighted by Gasteiger charge is 2.24. The number of nitrogens with zero attached hydrogens (tertiary/aromatic N) is 3. The smallest absolute Gasteiger partial charge is 0.191 e. The van der Waals surface area contributed by atoms with E-state index in [4.69, 9.17) is 18.9 Å². The minimum atomic E-state index is 0.101. The Bertz CT molecular complexity index is 831. The van der Waals surface area contributed by atoms with Crippen LogP contribution in [0.25, 0.3) is 0 Å². The fourth-order valence-electron chi connectivity index (χ4n) is 3.99. The van der Waals surface area contributed by atoms with Gasteiger partial charge in [0, 0.05) is 38.3 Å². The number of ether oxygens (including phenoxy) is 2. The predicted octanol–water partition coefficient (Wildman–Crippen LogP) is 2.73. The number of furan rings is 1. The first kappa shape index (κ1) is 23.9. The number of methoxy groups -OCH3 is 2. The van der Waals surface area contributed by atoms with Crippen molar-refractivity contribution >= 4 is 5.96 Å². The lowest BCUT2D eigenvalue weighted by Gasteiger charge is -2.22. The number of likely N-dealkylation sites (N-methyl/N-ethyl adjacent to an activating group) is 1. The molecular weight excluding hydrogens is 406 g/mol. The molecule has 1 aromatic heterocycles. The van der Waals surface area contributed by atoms with Gasteiger partial charge in [-0.2, -0.15) is 0 Å². The Morgan fingerprint density at radius 3 is 2.59 bits per heavy atom. The van der Waals surface area contributed by atoms with Gasteiger partial charge in [0.2, 0.25) is 0 Å². The van der Waals surface area contributed by atoms with Gasteiger partial charge < -0.3 is 24.5 Å². The van der Waals surface area contributed by atoms with Crippen molar-refractivity contribution < 1.29 is 13.9 Å². The van der Waals surface area contributed by atoms with Gasteiger partial charge in [-0.25, -0.2) is 0 Å². The number of aliphatic imine (C=N–C) groups is 1. The second-order valence-corrected chi connectivity index (χ2v) is 8.30. The molecule has 0 spiro atoms. The zero-order chi connectivity index (χ0) is 22.9. The van der Waals surface area contributed by atoms with E-state index in [1.165, 1.54) is 5.56 Å². The van der Waals surface area contributed by atoms with Gasteiger partial charge in [-0.3, -0.25) is 14.8 Å². The van der Waals surface area contributed by atoms with E-state index in [-0.39, 0.29) is 6.04 Å². The van der Waals surface area contributed by atoms with Gasteiger partial charge in [-0.1, -0.05) is 0 Å². The summed E-state index contributed by atoms with van der Waals surface area (Å²) in [5.41, 5.74) is 1.19. The average molecular weight is 444 g/mol. The van der Waals surface area contributed by atoms with Gasteiger partial charge in [-0.05, 0) is 57.3 Å². The van der Waals surface area contributed by atoms with Crippen LogP contribution in [0.4, 0.5) is 0 Å². The summed E-state index contributed by atoms with van der Waals surface area (Å²) in [5.74, 6) is 3.42. The lowest BCUT2D eigenvalue weighted by atomic mass is 10.2. The average Bonchev–Trinajstić information content (AvgIpc) is 3.46. The van der Waals surface area contributed by atoms with E-state index in [1.807, 2.05) is 32.3 Å². The summed E-state index contributed by atoms with van der Waals surface area (Å²) >= 11 is 0.